The van der Waals surface area contributed by atoms with Gasteiger partial charge in [-0.2, -0.15) is 0 Å². The zero-order valence-corrected chi connectivity index (χ0v) is 11.0. The van der Waals surface area contributed by atoms with Crippen molar-refractivity contribution in [1.29, 1.82) is 0 Å². The van der Waals surface area contributed by atoms with Crippen molar-refractivity contribution in [2.45, 2.75) is 19.9 Å². The van der Waals surface area contributed by atoms with E-state index < -0.39 is 0 Å². The first-order chi connectivity index (χ1) is 8.08. The van der Waals surface area contributed by atoms with Crippen LogP contribution in [0.15, 0.2) is 29.3 Å². The number of nitrogens with one attached hydrogen (secondary N) is 1. The fourth-order valence-electron chi connectivity index (χ4n) is 1.33. The molecule has 0 heterocycles. The minimum Gasteiger partial charge on any atom is -0.489 e. The number of hydrogen-bond donors (Lipinski definition) is 1. The molecule has 0 saturated carbocycles. The average Bonchev–Trinajstić information content (AvgIpc) is 2.35. The monoisotopic (exact) mass is 257 g/mol. The molecule has 0 radical (unpaired) electrons. The lowest BCUT2D eigenvalue weighted by atomic mass is 10.1. The largest absolute Gasteiger partial charge is 0.489 e. The predicted molar refractivity (Wildman–Crippen MR) is 69.0 cm³/mol. The summed E-state index contributed by atoms with van der Waals surface area (Å²) >= 11 is 5.51. The average molecular weight is 258 g/mol. The van der Waals surface area contributed by atoms with Gasteiger partial charge >= 0.3 is 0 Å². The number of benzene rings is 1. The van der Waals surface area contributed by atoms with Crippen LogP contribution in [0, 0.1) is 5.82 Å². The SMILES string of the molecule is CNC(C)c1ccc(OC/C(C)=C/Cl)cc1F. The molecular formula is C13H17ClFNO. The van der Waals surface area contributed by atoms with Gasteiger partial charge in [0.2, 0.25) is 0 Å². The van der Waals surface area contributed by atoms with Crippen molar-refractivity contribution in [2.75, 3.05) is 13.7 Å². The van der Waals surface area contributed by atoms with Crippen molar-refractivity contribution in [1.82, 2.24) is 5.32 Å². The maximum Gasteiger partial charge on any atom is 0.131 e. The van der Waals surface area contributed by atoms with Crippen LogP contribution in [0.5, 0.6) is 5.75 Å². The molecule has 0 amide bonds. The molecule has 1 unspecified atom stereocenters. The summed E-state index contributed by atoms with van der Waals surface area (Å²) in [5.41, 5.74) is 2.97. The van der Waals surface area contributed by atoms with Gasteiger partial charge in [-0.3, -0.25) is 0 Å². The summed E-state index contributed by atoms with van der Waals surface area (Å²) in [6.07, 6.45) is 0. The van der Waals surface area contributed by atoms with Gasteiger partial charge < -0.3 is 10.1 Å². The summed E-state index contributed by atoms with van der Waals surface area (Å²) < 4.78 is 19.1. The number of halogens is 2. The summed E-state index contributed by atoms with van der Waals surface area (Å²) in [5.74, 6) is 0.240. The lowest BCUT2D eigenvalue weighted by Gasteiger charge is -2.13. The molecule has 0 bridgehead atoms. The third kappa shape index (κ3) is 4.02. The predicted octanol–water partition coefficient (Wildman–Crippen LogP) is 3.63. The van der Waals surface area contributed by atoms with E-state index in [1.165, 1.54) is 11.6 Å². The van der Waals surface area contributed by atoms with Gasteiger partial charge in [0, 0.05) is 23.2 Å². The van der Waals surface area contributed by atoms with E-state index in [2.05, 4.69) is 5.32 Å². The van der Waals surface area contributed by atoms with Crippen molar-refractivity contribution >= 4 is 11.6 Å². The van der Waals surface area contributed by atoms with Crippen LogP contribution < -0.4 is 10.1 Å². The highest BCUT2D eigenvalue weighted by atomic mass is 35.5. The van der Waals surface area contributed by atoms with Crippen LogP contribution in [0.2, 0.25) is 0 Å². The zero-order valence-electron chi connectivity index (χ0n) is 10.3. The van der Waals surface area contributed by atoms with Gasteiger partial charge in [-0.1, -0.05) is 17.7 Å². The second-order valence-electron chi connectivity index (χ2n) is 3.94. The van der Waals surface area contributed by atoms with E-state index >= 15 is 0 Å². The number of hydrogen-bond acceptors (Lipinski definition) is 2. The maximum absolute atomic E-state index is 13.7. The molecule has 17 heavy (non-hydrogen) atoms. The second-order valence-corrected chi connectivity index (χ2v) is 4.16. The molecule has 0 saturated heterocycles. The highest BCUT2D eigenvalue weighted by Gasteiger charge is 2.09. The standard InChI is InChI=1S/C13H17ClFNO/c1-9(7-14)8-17-11-4-5-12(10(2)16-3)13(15)6-11/h4-7,10,16H,8H2,1-3H3/b9-7+. The minimum absolute atomic E-state index is 0.0199. The van der Waals surface area contributed by atoms with E-state index in [1.54, 1.807) is 19.2 Å². The smallest absolute Gasteiger partial charge is 0.131 e. The third-order valence-electron chi connectivity index (χ3n) is 2.52. The molecule has 1 aromatic carbocycles. The van der Waals surface area contributed by atoms with Crippen LogP contribution in [0.25, 0.3) is 0 Å². The molecule has 0 spiro atoms. The van der Waals surface area contributed by atoms with Crippen molar-refractivity contribution in [2.24, 2.45) is 0 Å². The molecule has 4 heteroatoms. The topological polar surface area (TPSA) is 21.3 Å². The first-order valence-corrected chi connectivity index (χ1v) is 5.87. The number of ether oxygens (including phenoxy) is 1. The van der Waals surface area contributed by atoms with Crippen molar-refractivity contribution in [3.8, 4) is 5.75 Å². The Labute approximate surface area is 106 Å². The first-order valence-electron chi connectivity index (χ1n) is 5.43. The minimum atomic E-state index is -0.267. The van der Waals surface area contributed by atoms with Crippen LogP contribution in [-0.4, -0.2) is 13.7 Å². The van der Waals surface area contributed by atoms with Crippen molar-refractivity contribution in [3.63, 3.8) is 0 Å². The molecule has 1 atom stereocenters. The molecule has 0 aliphatic heterocycles. The summed E-state index contributed by atoms with van der Waals surface area (Å²) in [6.45, 7) is 4.12. The van der Waals surface area contributed by atoms with E-state index in [1.807, 2.05) is 13.8 Å². The van der Waals surface area contributed by atoms with E-state index in [4.69, 9.17) is 16.3 Å². The van der Waals surface area contributed by atoms with Gasteiger partial charge in [-0.15, -0.1) is 0 Å². The zero-order chi connectivity index (χ0) is 12.8. The van der Waals surface area contributed by atoms with E-state index in [9.17, 15) is 4.39 Å². The Kier molecular flexibility index (Phi) is 5.45. The van der Waals surface area contributed by atoms with Crippen LogP contribution in [0.1, 0.15) is 25.5 Å². The molecule has 1 N–H and O–H groups in total. The lowest BCUT2D eigenvalue weighted by Crippen LogP contribution is -2.13. The lowest BCUT2D eigenvalue weighted by molar-refractivity contribution is 0.349. The highest BCUT2D eigenvalue weighted by Crippen LogP contribution is 2.21. The van der Waals surface area contributed by atoms with E-state index in [-0.39, 0.29) is 11.9 Å². The highest BCUT2D eigenvalue weighted by molar-refractivity contribution is 6.25. The third-order valence-corrected chi connectivity index (χ3v) is 2.90. The Morgan fingerprint density at radius 2 is 2.29 bits per heavy atom. The van der Waals surface area contributed by atoms with Gasteiger partial charge in [0.05, 0.1) is 0 Å². The van der Waals surface area contributed by atoms with Crippen LogP contribution >= 0.6 is 11.6 Å². The fraction of sp³-hybridized carbons (Fsp3) is 0.385. The normalized spacial score (nSPS) is 13.6. The molecule has 0 aliphatic rings. The Balaban J connectivity index is 2.75. The van der Waals surface area contributed by atoms with E-state index in [0.29, 0.717) is 17.9 Å². The summed E-state index contributed by atoms with van der Waals surface area (Å²) in [4.78, 5) is 0. The Morgan fingerprint density at radius 3 is 2.82 bits per heavy atom. The van der Waals surface area contributed by atoms with Gasteiger partial charge in [0.25, 0.3) is 0 Å². The van der Waals surface area contributed by atoms with Crippen molar-refractivity contribution in [3.05, 3.63) is 40.7 Å². The van der Waals surface area contributed by atoms with E-state index in [0.717, 1.165) is 5.57 Å². The number of rotatable bonds is 5. The van der Waals surface area contributed by atoms with Crippen LogP contribution in [0.4, 0.5) is 4.39 Å². The molecule has 1 rings (SSSR count). The fourth-order valence-corrected chi connectivity index (χ4v) is 1.40. The van der Waals surface area contributed by atoms with Gasteiger partial charge in [0.15, 0.2) is 0 Å². The van der Waals surface area contributed by atoms with Gasteiger partial charge in [0.1, 0.15) is 18.2 Å². The Morgan fingerprint density at radius 1 is 1.59 bits per heavy atom. The molecule has 0 fully saturated rings. The molecule has 94 valence electrons. The molecule has 0 aromatic heterocycles. The Hall–Kier alpha value is -1.06. The molecule has 0 aliphatic carbocycles. The summed E-state index contributed by atoms with van der Waals surface area (Å²) in [7, 11) is 1.79. The van der Waals surface area contributed by atoms with Crippen molar-refractivity contribution < 1.29 is 9.13 Å². The first kappa shape index (κ1) is 14.0. The molecule has 1 aromatic rings. The Bertz CT molecular complexity index is 406. The summed E-state index contributed by atoms with van der Waals surface area (Å²) in [5, 5.41) is 2.99. The van der Waals surface area contributed by atoms with Crippen LogP contribution in [0.3, 0.4) is 0 Å². The van der Waals surface area contributed by atoms with Gasteiger partial charge in [-0.05, 0) is 32.5 Å². The second kappa shape index (κ2) is 6.62. The van der Waals surface area contributed by atoms with Gasteiger partial charge in [-0.25, -0.2) is 4.39 Å². The molecule has 2 nitrogen and oxygen atoms in total. The van der Waals surface area contributed by atoms with Crippen LogP contribution in [-0.2, 0) is 0 Å². The molecular weight excluding hydrogens is 241 g/mol. The summed E-state index contributed by atoms with van der Waals surface area (Å²) in [6, 6.07) is 4.86. The quantitative estimate of drug-likeness (QED) is 0.870. The maximum atomic E-state index is 13.7.